The summed E-state index contributed by atoms with van der Waals surface area (Å²) >= 11 is 0. The van der Waals surface area contributed by atoms with Gasteiger partial charge in [-0.25, -0.2) is 0 Å². The molecule has 0 spiro atoms. The number of benzene rings is 14. The average Bonchev–Trinajstić information content (AvgIpc) is 3.91. The molecule has 0 aliphatic rings. The topological polar surface area (TPSA) is 8.17 Å². The van der Waals surface area contributed by atoms with E-state index < -0.39 is 0 Å². The van der Waals surface area contributed by atoms with Gasteiger partial charge in [0.05, 0.1) is 16.7 Å². The lowest BCUT2D eigenvalue weighted by molar-refractivity contribution is 1.18. The van der Waals surface area contributed by atoms with Gasteiger partial charge in [0.2, 0.25) is 0 Å². The van der Waals surface area contributed by atoms with Crippen molar-refractivity contribution in [3.05, 3.63) is 291 Å². The summed E-state index contributed by atoms with van der Waals surface area (Å²) in [5.74, 6) is 0. The highest BCUT2D eigenvalue weighted by atomic mass is 15.1. The van der Waals surface area contributed by atoms with Crippen LogP contribution in [0.25, 0.3) is 126 Å². The van der Waals surface area contributed by atoms with E-state index in [2.05, 4.69) is 301 Å². The maximum atomic E-state index is 2.50. The molecule has 354 valence electrons. The predicted octanol–water partition coefficient (Wildman–Crippen LogP) is 20.7. The maximum absolute atomic E-state index is 2.50. The zero-order valence-corrected chi connectivity index (χ0v) is 41.6. The number of fused-ring (bicyclic) bond motifs is 12. The van der Waals surface area contributed by atoms with Crippen molar-refractivity contribution >= 4 is 92.7 Å². The quantitative estimate of drug-likeness (QED) is 0.138. The Hall–Kier alpha value is -10.0. The summed E-state index contributed by atoms with van der Waals surface area (Å²) in [6.45, 7) is 0. The second-order valence-corrected chi connectivity index (χ2v) is 20.0. The van der Waals surface area contributed by atoms with E-state index in [0.717, 1.165) is 39.3 Å². The van der Waals surface area contributed by atoms with Crippen LogP contribution < -0.4 is 4.90 Å². The molecule has 76 heavy (non-hydrogen) atoms. The van der Waals surface area contributed by atoms with E-state index in [1.165, 1.54) is 104 Å². The van der Waals surface area contributed by atoms with Gasteiger partial charge in [-0.1, -0.05) is 212 Å². The van der Waals surface area contributed by atoms with Crippen molar-refractivity contribution in [1.82, 2.24) is 4.57 Å². The first kappa shape index (κ1) is 43.6. The highest BCUT2D eigenvalue weighted by Crippen LogP contribution is 2.44. The fraction of sp³-hybridized carbons (Fsp3) is 0. The lowest BCUT2D eigenvalue weighted by atomic mass is 9.91. The van der Waals surface area contributed by atoms with Crippen LogP contribution in [-0.4, -0.2) is 4.57 Å². The van der Waals surface area contributed by atoms with Gasteiger partial charge < -0.3 is 9.47 Å². The Morgan fingerprint density at radius 2 is 0.605 bits per heavy atom. The number of hydrogen-bond acceptors (Lipinski definition) is 1. The molecule has 0 unspecified atom stereocenters. The molecule has 15 rings (SSSR count). The minimum Gasteiger partial charge on any atom is -0.311 e. The van der Waals surface area contributed by atoms with Crippen molar-refractivity contribution in [2.24, 2.45) is 0 Å². The van der Waals surface area contributed by atoms with Crippen molar-refractivity contribution in [2.75, 3.05) is 4.90 Å². The number of rotatable bonds is 8. The minimum atomic E-state index is 1.10. The molecule has 0 atom stereocenters. The van der Waals surface area contributed by atoms with Crippen LogP contribution in [0.15, 0.2) is 291 Å². The highest BCUT2D eigenvalue weighted by molar-refractivity contribution is 6.26. The molecular weight excluding hydrogens is 917 g/mol. The van der Waals surface area contributed by atoms with Crippen LogP contribution in [0.3, 0.4) is 0 Å². The number of anilines is 3. The fourth-order valence-electron chi connectivity index (χ4n) is 12.2. The van der Waals surface area contributed by atoms with E-state index in [1.54, 1.807) is 0 Å². The first-order valence-corrected chi connectivity index (χ1v) is 26.2. The van der Waals surface area contributed by atoms with Gasteiger partial charge in [0.25, 0.3) is 0 Å². The van der Waals surface area contributed by atoms with Crippen LogP contribution in [0, 0.1) is 0 Å². The minimum absolute atomic E-state index is 1.10. The summed E-state index contributed by atoms with van der Waals surface area (Å²) in [5.41, 5.74) is 16.3. The monoisotopic (exact) mass is 964 g/mol. The third-order valence-corrected chi connectivity index (χ3v) is 15.8. The molecule has 2 nitrogen and oxygen atoms in total. The molecule has 0 radical (unpaired) electrons. The normalized spacial score (nSPS) is 11.7. The van der Waals surface area contributed by atoms with Crippen molar-refractivity contribution in [2.45, 2.75) is 0 Å². The third-order valence-electron chi connectivity index (χ3n) is 15.8. The Morgan fingerprint density at radius 3 is 1.25 bits per heavy atom. The Morgan fingerprint density at radius 1 is 0.211 bits per heavy atom. The summed E-state index contributed by atoms with van der Waals surface area (Å²) in [7, 11) is 0. The van der Waals surface area contributed by atoms with E-state index in [4.69, 9.17) is 0 Å². The zero-order valence-electron chi connectivity index (χ0n) is 41.6. The molecule has 0 bridgehead atoms. The molecule has 0 N–H and O–H groups in total. The van der Waals surface area contributed by atoms with Crippen LogP contribution in [-0.2, 0) is 0 Å². The molecule has 2 heteroatoms. The zero-order chi connectivity index (χ0) is 50.1. The van der Waals surface area contributed by atoms with Gasteiger partial charge in [-0.05, 0) is 172 Å². The van der Waals surface area contributed by atoms with Gasteiger partial charge >= 0.3 is 0 Å². The van der Waals surface area contributed by atoms with Gasteiger partial charge in [0, 0.05) is 33.4 Å². The van der Waals surface area contributed by atoms with Gasteiger partial charge in [-0.2, -0.15) is 0 Å². The van der Waals surface area contributed by atoms with Crippen molar-refractivity contribution in [3.8, 4) is 50.2 Å². The van der Waals surface area contributed by atoms with E-state index in [0.29, 0.717) is 0 Å². The fourth-order valence-corrected chi connectivity index (χ4v) is 12.2. The smallest absolute Gasteiger partial charge is 0.0541 e. The summed E-state index contributed by atoms with van der Waals surface area (Å²) in [6, 6.07) is 107. The van der Waals surface area contributed by atoms with E-state index in [1.807, 2.05) is 0 Å². The molecule has 14 aromatic carbocycles. The lowest BCUT2D eigenvalue weighted by Crippen LogP contribution is -2.09. The van der Waals surface area contributed by atoms with Crippen LogP contribution in [0.5, 0.6) is 0 Å². The summed E-state index contributed by atoms with van der Waals surface area (Å²) in [6.07, 6.45) is 0. The largest absolute Gasteiger partial charge is 0.311 e. The highest BCUT2D eigenvalue weighted by Gasteiger charge is 2.20. The Balaban J connectivity index is 0.900. The second-order valence-electron chi connectivity index (χ2n) is 20.0. The lowest BCUT2D eigenvalue weighted by Gasteiger charge is -2.26. The van der Waals surface area contributed by atoms with Crippen LogP contribution >= 0.6 is 0 Å². The standard InChI is InChI=1S/C74H48N2/c1-3-17-49(18-4-1)50-31-38-57(39-32-50)75(56-20-5-2-6-21-56)58-40-33-51(34-41-58)52-36-43-73-70(45-52)71-48-55(68-46-53-19-7-8-22-59(53)61-24-9-13-28-65(61)68)37-44-74(71)76(73)72-30-16-15-23-60(72)54-35-42-67-64-27-11-10-25-62(64)63-26-12-14-29-66(63)69(67)47-54/h1-48H. The molecule has 0 aliphatic heterocycles. The first-order valence-electron chi connectivity index (χ1n) is 26.2. The van der Waals surface area contributed by atoms with Gasteiger partial charge in [-0.15, -0.1) is 0 Å². The second kappa shape index (κ2) is 17.9. The molecule has 0 saturated carbocycles. The summed E-state index contributed by atoms with van der Waals surface area (Å²) in [5, 5.41) is 15.1. The van der Waals surface area contributed by atoms with E-state index in [9.17, 15) is 0 Å². The van der Waals surface area contributed by atoms with E-state index >= 15 is 0 Å². The maximum Gasteiger partial charge on any atom is 0.0541 e. The molecule has 0 amide bonds. The average molecular weight is 965 g/mol. The van der Waals surface area contributed by atoms with Crippen LogP contribution in [0.2, 0.25) is 0 Å². The molecular formula is C74H48N2. The van der Waals surface area contributed by atoms with Crippen molar-refractivity contribution < 1.29 is 0 Å². The number of para-hydroxylation sites is 2. The Labute approximate surface area is 441 Å². The van der Waals surface area contributed by atoms with Gasteiger partial charge in [0.15, 0.2) is 0 Å². The van der Waals surface area contributed by atoms with Gasteiger partial charge in [0.1, 0.15) is 0 Å². The Bertz CT molecular complexity index is 4690. The van der Waals surface area contributed by atoms with Crippen molar-refractivity contribution in [3.63, 3.8) is 0 Å². The molecule has 1 aromatic heterocycles. The molecule has 0 aliphatic carbocycles. The van der Waals surface area contributed by atoms with E-state index in [-0.39, 0.29) is 0 Å². The number of hydrogen-bond donors (Lipinski definition) is 0. The summed E-state index contributed by atoms with van der Waals surface area (Å²) in [4.78, 5) is 2.34. The first-order chi connectivity index (χ1) is 37.7. The molecule has 0 saturated heterocycles. The molecule has 0 fully saturated rings. The van der Waals surface area contributed by atoms with Gasteiger partial charge in [-0.3, -0.25) is 0 Å². The predicted molar refractivity (Wildman–Crippen MR) is 325 cm³/mol. The van der Waals surface area contributed by atoms with Crippen molar-refractivity contribution in [1.29, 1.82) is 0 Å². The molecule has 1 heterocycles. The number of nitrogens with zero attached hydrogens (tertiary/aromatic N) is 2. The Kier molecular flexibility index (Phi) is 10.2. The summed E-state index contributed by atoms with van der Waals surface area (Å²) < 4.78 is 2.50. The SMILES string of the molecule is c1ccc(-c2ccc(N(c3ccccc3)c3ccc(-c4ccc5c(c4)c4cc(-c6cc7ccccc7c7ccccc67)ccc4n5-c4ccccc4-c4ccc5c6ccccc6c6ccccc6c5c4)cc3)cc2)cc1. The number of aromatic nitrogens is 1. The molecule has 15 aromatic rings. The third kappa shape index (κ3) is 7.18. The van der Waals surface area contributed by atoms with Crippen LogP contribution in [0.1, 0.15) is 0 Å². The van der Waals surface area contributed by atoms with Crippen LogP contribution in [0.4, 0.5) is 17.1 Å².